The summed E-state index contributed by atoms with van der Waals surface area (Å²) in [6.07, 6.45) is -3.06. The second-order valence-electron chi connectivity index (χ2n) is 2.53. The number of hydrogen-bond donors (Lipinski definition) is 1. The standard InChI is InChI=1S/C7H4F2N2O4/c8-6(9)3-1-5(11(14)15)7(13)10-4(3)2-12/h1-2,6H,(H,10,13). The van der Waals surface area contributed by atoms with Crippen molar-refractivity contribution in [3.8, 4) is 0 Å². The van der Waals surface area contributed by atoms with Crippen LogP contribution in [0.25, 0.3) is 0 Å². The lowest BCUT2D eigenvalue weighted by molar-refractivity contribution is -0.386. The van der Waals surface area contributed by atoms with Crippen LogP contribution in [0.15, 0.2) is 10.9 Å². The molecule has 0 aliphatic carbocycles. The molecule has 0 unspecified atom stereocenters. The van der Waals surface area contributed by atoms with E-state index in [4.69, 9.17) is 0 Å². The Kier molecular flexibility index (Phi) is 2.88. The normalized spacial score (nSPS) is 10.3. The molecule has 1 rings (SSSR count). The monoisotopic (exact) mass is 218 g/mol. The zero-order valence-corrected chi connectivity index (χ0v) is 7.07. The van der Waals surface area contributed by atoms with Crippen molar-refractivity contribution >= 4 is 12.0 Å². The minimum atomic E-state index is -3.07. The lowest BCUT2D eigenvalue weighted by Crippen LogP contribution is -2.15. The Morgan fingerprint density at radius 1 is 1.53 bits per heavy atom. The number of nitro groups is 1. The molecule has 0 aliphatic heterocycles. The first kappa shape index (κ1) is 11.0. The highest BCUT2D eigenvalue weighted by atomic mass is 19.3. The highest BCUT2D eigenvalue weighted by molar-refractivity contribution is 5.74. The third-order valence-corrected chi connectivity index (χ3v) is 1.63. The Morgan fingerprint density at radius 3 is 2.53 bits per heavy atom. The number of aromatic amines is 1. The second kappa shape index (κ2) is 3.95. The first-order valence-corrected chi connectivity index (χ1v) is 3.62. The van der Waals surface area contributed by atoms with Gasteiger partial charge in [0.15, 0.2) is 6.29 Å². The summed E-state index contributed by atoms with van der Waals surface area (Å²) in [7, 11) is 0. The summed E-state index contributed by atoms with van der Waals surface area (Å²) < 4.78 is 24.6. The minimum Gasteiger partial charge on any atom is -0.313 e. The maximum Gasteiger partial charge on any atom is 0.334 e. The van der Waals surface area contributed by atoms with Gasteiger partial charge in [-0.3, -0.25) is 19.7 Å². The van der Waals surface area contributed by atoms with Crippen LogP contribution in [-0.2, 0) is 0 Å². The molecule has 80 valence electrons. The van der Waals surface area contributed by atoms with Gasteiger partial charge in [0.1, 0.15) is 0 Å². The average molecular weight is 218 g/mol. The molecular weight excluding hydrogens is 214 g/mol. The zero-order valence-electron chi connectivity index (χ0n) is 7.07. The third-order valence-electron chi connectivity index (χ3n) is 1.63. The molecule has 6 nitrogen and oxygen atoms in total. The van der Waals surface area contributed by atoms with E-state index in [-0.39, 0.29) is 6.29 Å². The Morgan fingerprint density at radius 2 is 2.13 bits per heavy atom. The maximum absolute atomic E-state index is 12.3. The van der Waals surface area contributed by atoms with E-state index in [2.05, 4.69) is 0 Å². The molecule has 1 heterocycles. The van der Waals surface area contributed by atoms with E-state index < -0.39 is 33.9 Å². The van der Waals surface area contributed by atoms with E-state index in [0.29, 0.717) is 6.07 Å². The minimum absolute atomic E-state index is 0.00657. The van der Waals surface area contributed by atoms with Gasteiger partial charge in [0.05, 0.1) is 16.2 Å². The van der Waals surface area contributed by atoms with Gasteiger partial charge in [0.25, 0.3) is 6.43 Å². The zero-order chi connectivity index (χ0) is 11.6. The average Bonchev–Trinajstić information content (AvgIpc) is 2.16. The SMILES string of the molecule is O=Cc1[nH]c(=O)c([N+](=O)[O-])cc1C(F)F. The van der Waals surface area contributed by atoms with Crippen molar-refractivity contribution in [2.45, 2.75) is 6.43 Å². The summed E-state index contributed by atoms with van der Waals surface area (Å²) in [6, 6.07) is 0.396. The molecule has 0 spiro atoms. The Bertz CT molecular complexity index is 469. The molecule has 15 heavy (non-hydrogen) atoms. The van der Waals surface area contributed by atoms with Gasteiger partial charge in [0.2, 0.25) is 0 Å². The third kappa shape index (κ3) is 2.03. The van der Waals surface area contributed by atoms with Gasteiger partial charge in [-0.15, -0.1) is 0 Å². The van der Waals surface area contributed by atoms with Crippen molar-refractivity contribution in [1.82, 2.24) is 4.98 Å². The van der Waals surface area contributed by atoms with E-state index in [0.717, 1.165) is 0 Å². The summed E-state index contributed by atoms with van der Waals surface area (Å²) >= 11 is 0. The molecule has 0 saturated heterocycles. The van der Waals surface area contributed by atoms with Crippen LogP contribution in [0, 0.1) is 10.1 Å². The van der Waals surface area contributed by atoms with Crippen molar-refractivity contribution in [2.24, 2.45) is 0 Å². The highest BCUT2D eigenvalue weighted by Gasteiger charge is 2.21. The number of halogens is 2. The fourth-order valence-electron chi connectivity index (χ4n) is 0.963. The number of aromatic nitrogens is 1. The van der Waals surface area contributed by atoms with E-state index in [1.807, 2.05) is 0 Å². The number of pyridine rings is 1. The van der Waals surface area contributed by atoms with Crippen LogP contribution in [0.5, 0.6) is 0 Å². The molecule has 0 bridgehead atoms. The number of alkyl halides is 2. The summed E-state index contributed by atoms with van der Waals surface area (Å²) in [5.41, 5.74) is -3.72. The van der Waals surface area contributed by atoms with Crippen LogP contribution in [0.4, 0.5) is 14.5 Å². The Labute approximate surface area is 80.7 Å². The summed E-state index contributed by atoms with van der Waals surface area (Å²) in [5, 5.41) is 10.2. The number of H-pyrrole nitrogens is 1. The number of carbonyl (C=O) groups excluding carboxylic acids is 1. The molecule has 0 saturated carbocycles. The second-order valence-corrected chi connectivity index (χ2v) is 2.53. The first-order chi connectivity index (χ1) is 6.97. The van der Waals surface area contributed by atoms with Crippen molar-refractivity contribution in [2.75, 3.05) is 0 Å². The van der Waals surface area contributed by atoms with Gasteiger partial charge in [-0.25, -0.2) is 8.78 Å². The first-order valence-electron chi connectivity index (χ1n) is 3.62. The number of nitrogens with one attached hydrogen (secondary N) is 1. The molecule has 0 fully saturated rings. The van der Waals surface area contributed by atoms with Crippen molar-refractivity contribution in [3.05, 3.63) is 37.8 Å². The van der Waals surface area contributed by atoms with Crippen LogP contribution < -0.4 is 5.56 Å². The molecule has 0 aromatic carbocycles. The van der Waals surface area contributed by atoms with E-state index in [1.54, 1.807) is 4.98 Å². The number of carbonyl (C=O) groups is 1. The fourth-order valence-corrected chi connectivity index (χ4v) is 0.963. The van der Waals surface area contributed by atoms with E-state index in [1.165, 1.54) is 0 Å². The lowest BCUT2D eigenvalue weighted by Gasteiger charge is -2.01. The number of hydrogen-bond acceptors (Lipinski definition) is 4. The summed E-state index contributed by atoms with van der Waals surface area (Å²) in [4.78, 5) is 32.1. The number of nitrogens with zero attached hydrogens (tertiary/aromatic N) is 1. The van der Waals surface area contributed by atoms with Gasteiger partial charge >= 0.3 is 11.2 Å². The van der Waals surface area contributed by atoms with Gasteiger partial charge in [-0.05, 0) is 0 Å². The van der Waals surface area contributed by atoms with Gasteiger partial charge in [-0.1, -0.05) is 0 Å². The van der Waals surface area contributed by atoms with Gasteiger partial charge in [0, 0.05) is 6.07 Å². The van der Waals surface area contributed by atoms with Crippen molar-refractivity contribution in [3.63, 3.8) is 0 Å². The van der Waals surface area contributed by atoms with Crippen LogP contribution in [0.2, 0.25) is 0 Å². The Hall–Kier alpha value is -2.12. The molecule has 0 aliphatic rings. The van der Waals surface area contributed by atoms with Crippen LogP contribution in [-0.4, -0.2) is 16.2 Å². The van der Waals surface area contributed by atoms with Gasteiger partial charge in [-0.2, -0.15) is 0 Å². The highest BCUT2D eigenvalue weighted by Crippen LogP contribution is 2.22. The smallest absolute Gasteiger partial charge is 0.313 e. The van der Waals surface area contributed by atoms with Crippen LogP contribution in [0.1, 0.15) is 22.5 Å². The van der Waals surface area contributed by atoms with Gasteiger partial charge < -0.3 is 4.98 Å². The molecule has 1 aromatic rings. The number of rotatable bonds is 3. The van der Waals surface area contributed by atoms with Crippen LogP contribution in [0.3, 0.4) is 0 Å². The Balaban J connectivity index is 3.50. The maximum atomic E-state index is 12.3. The molecule has 8 heteroatoms. The molecular formula is C7H4F2N2O4. The summed E-state index contributed by atoms with van der Waals surface area (Å²) in [5.74, 6) is 0. The van der Waals surface area contributed by atoms with E-state index >= 15 is 0 Å². The predicted octanol–water partition coefficient (Wildman–Crippen LogP) is 1.03. The predicted molar refractivity (Wildman–Crippen MR) is 44.1 cm³/mol. The lowest BCUT2D eigenvalue weighted by atomic mass is 10.2. The molecule has 0 atom stereocenters. The quantitative estimate of drug-likeness (QED) is 0.465. The molecule has 1 N–H and O–H groups in total. The van der Waals surface area contributed by atoms with Crippen molar-refractivity contribution < 1.29 is 18.5 Å². The van der Waals surface area contributed by atoms with E-state index in [9.17, 15) is 28.5 Å². The topological polar surface area (TPSA) is 93.1 Å². The molecule has 0 radical (unpaired) electrons. The summed E-state index contributed by atoms with van der Waals surface area (Å²) in [6.45, 7) is 0. The molecule has 1 aromatic heterocycles. The fraction of sp³-hybridized carbons (Fsp3) is 0.143. The van der Waals surface area contributed by atoms with Crippen molar-refractivity contribution in [1.29, 1.82) is 0 Å². The molecule has 0 amide bonds. The largest absolute Gasteiger partial charge is 0.334 e. The number of aldehydes is 1. The van der Waals surface area contributed by atoms with Crippen LogP contribution >= 0.6 is 0 Å².